The maximum atomic E-state index is 12.9. The smallest absolute Gasteiger partial charge is 0.416 e. The minimum atomic E-state index is -4.39. The Hall–Kier alpha value is -3.34. The Morgan fingerprint density at radius 3 is 2.59 bits per heavy atom. The molecule has 1 saturated heterocycles. The Balaban J connectivity index is 1.30. The summed E-state index contributed by atoms with van der Waals surface area (Å²) in [6.07, 6.45) is -2.91. The largest absolute Gasteiger partial charge is 0.459 e. The number of nitrogens with zero attached hydrogens (tertiary/aromatic N) is 3. The van der Waals surface area contributed by atoms with Gasteiger partial charge in [-0.2, -0.15) is 13.2 Å². The zero-order chi connectivity index (χ0) is 22.7. The summed E-state index contributed by atoms with van der Waals surface area (Å²) in [5.74, 6) is -0.382. The van der Waals surface area contributed by atoms with Crippen LogP contribution in [0.2, 0.25) is 0 Å². The van der Waals surface area contributed by atoms with Gasteiger partial charge in [-0.1, -0.05) is 6.07 Å². The first-order valence-electron chi connectivity index (χ1n) is 9.79. The molecule has 0 bridgehead atoms. The first-order chi connectivity index (χ1) is 15.3. The fourth-order valence-electron chi connectivity index (χ4n) is 3.37. The Morgan fingerprint density at radius 2 is 1.91 bits per heavy atom. The summed E-state index contributed by atoms with van der Waals surface area (Å²) >= 11 is 1.21. The number of benzene rings is 1. The molecule has 3 aromatic rings. The van der Waals surface area contributed by atoms with Gasteiger partial charge in [0, 0.05) is 37.2 Å². The quantitative estimate of drug-likeness (QED) is 0.620. The maximum absolute atomic E-state index is 12.9. The molecule has 1 fully saturated rings. The van der Waals surface area contributed by atoms with Crippen molar-refractivity contribution in [2.45, 2.75) is 12.6 Å². The molecule has 11 heteroatoms. The van der Waals surface area contributed by atoms with Gasteiger partial charge in [-0.05, 0) is 30.3 Å². The van der Waals surface area contributed by atoms with E-state index >= 15 is 0 Å². The average molecular weight is 464 g/mol. The number of hydrogen-bond donors (Lipinski definition) is 1. The number of aromatic nitrogens is 1. The third-order valence-electron chi connectivity index (χ3n) is 5.02. The number of carbonyl (C=O) groups excluding carboxylic acids is 2. The topological polar surface area (TPSA) is 78.7 Å². The number of nitrogens with one attached hydrogen (secondary N) is 1. The van der Waals surface area contributed by atoms with Crippen molar-refractivity contribution in [2.24, 2.45) is 0 Å². The molecule has 7 nitrogen and oxygen atoms in total. The van der Waals surface area contributed by atoms with Crippen LogP contribution in [0.4, 0.5) is 24.0 Å². The van der Waals surface area contributed by atoms with Gasteiger partial charge in [-0.15, -0.1) is 11.3 Å². The highest BCUT2D eigenvalue weighted by molar-refractivity contribution is 7.14. The lowest BCUT2D eigenvalue weighted by molar-refractivity contribution is -0.137. The molecule has 0 unspecified atom stereocenters. The molecule has 1 aliphatic rings. The van der Waals surface area contributed by atoms with E-state index in [4.69, 9.17) is 4.42 Å². The molecule has 0 saturated carbocycles. The SMILES string of the molecule is O=C(Nc1nc(CC(=O)N2CCN(c3cccc(C(F)(F)F)c3)CC2)cs1)c1ccco1. The summed E-state index contributed by atoms with van der Waals surface area (Å²) in [6, 6.07) is 8.34. The fraction of sp³-hybridized carbons (Fsp3) is 0.286. The van der Waals surface area contributed by atoms with Crippen LogP contribution in [0.25, 0.3) is 0 Å². The van der Waals surface area contributed by atoms with E-state index in [-0.39, 0.29) is 18.1 Å². The summed E-state index contributed by atoms with van der Waals surface area (Å²) in [4.78, 5) is 32.4. The number of anilines is 2. The van der Waals surface area contributed by atoms with Gasteiger partial charge in [0.15, 0.2) is 10.9 Å². The number of rotatable bonds is 5. The van der Waals surface area contributed by atoms with E-state index in [9.17, 15) is 22.8 Å². The fourth-order valence-corrected chi connectivity index (χ4v) is 4.08. The van der Waals surface area contributed by atoms with Gasteiger partial charge in [0.25, 0.3) is 5.91 Å². The molecule has 2 amide bonds. The molecule has 0 aliphatic carbocycles. The Labute approximate surface area is 185 Å². The molecule has 4 rings (SSSR count). The molecule has 32 heavy (non-hydrogen) atoms. The van der Waals surface area contributed by atoms with E-state index in [1.165, 1.54) is 29.7 Å². The summed E-state index contributed by atoms with van der Waals surface area (Å²) < 4.78 is 43.9. The number of carbonyl (C=O) groups is 2. The van der Waals surface area contributed by atoms with Crippen molar-refractivity contribution in [3.8, 4) is 0 Å². The maximum Gasteiger partial charge on any atom is 0.416 e. The van der Waals surface area contributed by atoms with Crippen molar-refractivity contribution in [1.29, 1.82) is 0 Å². The van der Waals surface area contributed by atoms with Crippen molar-refractivity contribution >= 4 is 34.0 Å². The molecule has 2 aromatic heterocycles. The number of furan rings is 1. The first kappa shape index (κ1) is 21.9. The number of piperazine rings is 1. The van der Waals surface area contributed by atoms with Crippen molar-refractivity contribution < 1.29 is 27.2 Å². The highest BCUT2D eigenvalue weighted by Gasteiger charge is 2.31. The number of amides is 2. The van der Waals surface area contributed by atoms with E-state index in [1.54, 1.807) is 22.4 Å². The van der Waals surface area contributed by atoms with Crippen LogP contribution in [0.1, 0.15) is 21.8 Å². The van der Waals surface area contributed by atoms with E-state index in [0.29, 0.717) is 42.7 Å². The van der Waals surface area contributed by atoms with Crippen LogP contribution in [0.5, 0.6) is 0 Å². The first-order valence-corrected chi connectivity index (χ1v) is 10.7. The molecule has 1 N–H and O–H groups in total. The molecular weight excluding hydrogens is 445 g/mol. The third kappa shape index (κ3) is 5.10. The van der Waals surface area contributed by atoms with Crippen molar-refractivity contribution in [3.05, 3.63) is 65.1 Å². The number of hydrogen-bond acceptors (Lipinski definition) is 6. The van der Waals surface area contributed by atoms with Crippen LogP contribution in [-0.4, -0.2) is 47.9 Å². The minimum absolute atomic E-state index is 0.0800. The Kier molecular flexibility index (Phi) is 6.17. The average Bonchev–Trinajstić information content (AvgIpc) is 3.46. The third-order valence-corrected chi connectivity index (χ3v) is 5.83. The summed E-state index contributed by atoms with van der Waals surface area (Å²) in [5.41, 5.74) is 0.338. The van der Waals surface area contributed by atoms with Crippen LogP contribution in [0, 0.1) is 0 Å². The normalized spacial score (nSPS) is 14.5. The molecule has 168 valence electrons. The molecule has 3 heterocycles. The molecule has 0 radical (unpaired) electrons. The van der Waals surface area contributed by atoms with E-state index in [1.807, 2.05) is 4.90 Å². The predicted molar refractivity (Wildman–Crippen MR) is 113 cm³/mol. The van der Waals surface area contributed by atoms with E-state index in [2.05, 4.69) is 10.3 Å². The molecule has 1 aliphatic heterocycles. The van der Waals surface area contributed by atoms with Gasteiger partial charge < -0.3 is 14.2 Å². The van der Waals surface area contributed by atoms with Gasteiger partial charge in [0.1, 0.15) is 0 Å². The zero-order valence-electron chi connectivity index (χ0n) is 16.8. The molecule has 0 atom stereocenters. The standard InChI is InChI=1S/C21H19F3N4O3S/c22-21(23,24)14-3-1-4-16(11-14)27-6-8-28(9-7-27)18(29)12-15-13-32-20(25-15)26-19(30)17-5-2-10-31-17/h1-5,10-11,13H,6-9,12H2,(H,25,26,30). The van der Waals surface area contributed by atoms with Crippen LogP contribution in [0.15, 0.2) is 52.5 Å². The lowest BCUT2D eigenvalue weighted by Gasteiger charge is -2.36. The van der Waals surface area contributed by atoms with Gasteiger partial charge >= 0.3 is 6.18 Å². The highest BCUT2D eigenvalue weighted by atomic mass is 32.1. The van der Waals surface area contributed by atoms with Crippen LogP contribution < -0.4 is 10.2 Å². The van der Waals surface area contributed by atoms with Crippen molar-refractivity contribution in [1.82, 2.24) is 9.88 Å². The van der Waals surface area contributed by atoms with Crippen LogP contribution >= 0.6 is 11.3 Å². The van der Waals surface area contributed by atoms with Gasteiger partial charge in [-0.3, -0.25) is 14.9 Å². The second-order valence-electron chi connectivity index (χ2n) is 7.17. The van der Waals surface area contributed by atoms with Gasteiger partial charge in [0.05, 0.1) is 23.9 Å². The van der Waals surface area contributed by atoms with Crippen molar-refractivity contribution in [3.63, 3.8) is 0 Å². The van der Waals surface area contributed by atoms with Crippen LogP contribution in [-0.2, 0) is 17.4 Å². The predicted octanol–water partition coefficient (Wildman–Crippen LogP) is 3.90. The molecule has 1 aromatic carbocycles. The molecular formula is C21H19F3N4O3S. The monoisotopic (exact) mass is 464 g/mol. The lowest BCUT2D eigenvalue weighted by atomic mass is 10.1. The highest BCUT2D eigenvalue weighted by Crippen LogP contribution is 2.32. The number of halogens is 3. The zero-order valence-corrected chi connectivity index (χ0v) is 17.6. The molecule has 0 spiro atoms. The van der Waals surface area contributed by atoms with Crippen LogP contribution in [0.3, 0.4) is 0 Å². The minimum Gasteiger partial charge on any atom is -0.459 e. The Morgan fingerprint density at radius 1 is 1.12 bits per heavy atom. The van der Waals surface area contributed by atoms with E-state index < -0.39 is 17.6 Å². The van der Waals surface area contributed by atoms with Crippen molar-refractivity contribution in [2.75, 3.05) is 36.4 Å². The summed E-state index contributed by atoms with van der Waals surface area (Å²) in [5, 5.41) is 4.69. The van der Waals surface area contributed by atoms with Gasteiger partial charge in [0.2, 0.25) is 5.91 Å². The second kappa shape index (κ2) is 9.03. The Bertz CT molecular complexity index is 1090. The van der Waals surface area contributed by atoms with E-state index in [0.717, 1.165) is 12.1 Å². The summed E-state index contributed by atoms with van der Waals surface area (Å²) in [6.45, 7) is 1.69. The number of thiazole rings is 1. The summed E-state index contributed by atoms with van der Waals surface area (Å²) in [7, 11) is 0. The van der Waals surface area contributed by atoms with Gasteiger partial charge in [-0.25, -0.2) is 4.98 Å². The second-order valence-corrected chi connectivity index (χ2v) is 8.03. The lowest BCUT2D eigenvalue weighted by Crippen LogP contribution is -2.49. The number of alkyl halides is 3.